The predicted molar refractivity (Wildman–Crippen MR) is 75.3 cm³/mol. The molecule has 3 atom stereocenters. The van der Waals surface area contributed by atoms with Crippen LogP contribution >= 0.6 is 0 Å². The first kappa shape index (κ1) is 15.2. The van der Waals surface area contributed by atoms with Gasteiger partial charge in [-0.05, 0) is 26.7 Å². The van der Waals surface area contributed by atoms with Gasteiger partial charge in [-0.25, -0.2) is 0 Å². The summed E-state index contributed by atoms with van der Waals surface area (Å²) >= 11 is 0. The van der Waals surface area contributed by atoms with Crippen LogP contribution in [0.4, 0.5) is 0 Å². The van der Waals surface area contributed by atoms with E-state index in [9.17, 15) is 5.11 Å². The molecule has 0 amide bonds. The summed E-state index contributed by atoms with van der Waals surface area (Å²) in [6.45, 7) is 7.17. The fraction of sp³-hybridized carbons (Fsp3) is 1.00. The number of rotatable bonds is 5. The molecule has 0 unspecified atom stereocenters. The van der Waals surface area contributed by atoms with Crippen LogP contribution in [0, 0.1) is 0 Å². The molecule has 0 spiro atoms. The van der Waals surface area contributed by atoms with Gasteiger partial charge in [-0.3, -0.25) is 4.90 Å². The Morgan fingerprint density at radius 1 is 1.16 bits per heavy atom. The van der Waals surface area contributed by atoms with Crippen LogP contribution in [0.25, 0.3) is 0 Å². The molecule has 4 nitrogen and oxygen atoms in total. The van der Waals surface area contributed by atoms with Crippen LogP contribution in [-0.4, -0.2) is 60.7 Å². The van der Waals surface area contributed by atoms with Crippen LogP contribution in [0.15, 0.2) is 0 Å². The molecule has 2 rings (SSSR count). The van der Waals surface area contributed by atoms with Crippen LogP contribution in [0.1, 0.15) is 46.0 Å². The number of morpholine rings is 1. The van der Waals surface area contributed by atoms with Gasteiger partial charge in [0.15, 0.2) is 0 Å². The van der Waals surface area contributed by atoms with E-state index in [4.69, 9.17) is 9.47 Å². The van der Waals surface area contributed by atoms with E-state index in [1.54, 1.807) is 0 Å². The molecule has 19 heavy (non-hydrogen) atoms. The van der Waals surface area contributed by atoms with Gasteiger partial charge in [0, 0.05) is 19.6 Å². The standard InChI is InChI=1S/C15H29NO3/c1-12-8-16(9-13(2)19-12)10-14(17)11-18-15-6-4-3-5-7-15/h12-15,17H,3-11H2,1-2H3/t12-,13+,14-/m1/s1. The molecule has 1 N–H and O–H groups in total. The summed E-state index contributed by atoms with van der Waals surface area (Å²) < 4.78 is 11.5. The van der Waals surface area contributed by atoms with Gasteiger partial charge < -0.3 is 14.6 Å². The average Bonchev–Trinajstić information content (AvgIpc) is 2.36. The Kier molecular flexibility index (Phi) is 6.07. The predicted octanol–water partition coefficient (Wildman–Crippen LogP) is 1.81. The van der Waals surface area contributed by atoms with E-state index in [-0.39, 0.29) is 18.3 Å². The van der Waals surface area contributed by atoms with E-state index >= 15 is 0 Å². The molecule has 0 aromatic carbocycles. The maximum atomic E-state index is 10.1. The second-order valence-electron chi connectivity index (χ2n) is 6.22. The fourth-order valence-electron chi connectivity index (χ4n) is 3.26. The van der Waals surface area contributed by atoms with E-state index in [1.807, 2.05) is 0 Å². The van der Waals surface area contributed by atoms with Crippen LogP contribution in [0.2, 0.25) is 0 Å². The molecule has 0 aromatic rings. The first-order valence-corrected chi connectivity index (χ1v) is 7.81. The molecule has 1 aliphatic heterocycles. The molecule has 1 aliphatic carbocycles. The Hall–Kier alpha value is -0.160. The van der Waals surface area contributed by atoms with Crippen molar-refractivity contribution in [1.29, 1.82) is 0 Å². The lowest BCUT2D eigenvalue weighted by atomic mass is 9.98. The minimum atomic E-state index is -0.376. The van der Waals surface area contributed by atoms with Crippen molar-refractivity contribution in [2.24, 2.45) is 0 Å². The molecule has 0 radical (unpaired) electrons. The number of aliphatic hydroxyl groups excluding tert-OH is 1. The van der Waals surface area contributed by atoms with Gasteiger partial charge in [0.2, 0.25) is 0 Å². The van der Waals surface area contributed by atoms with Gasteiger partial charge in [0.25, 0.3) is 0 Å². The monoisotopic (exact) mass is 271 g/mol. The minimum Gasteiger partial charge on any atom is -0.389 e. The highest BCUT2D eigenvalue weighted by molar-refractivity contribution is 4.75. The lowest BCUT2D eigenvalue weighted by Crippen LogP contribution is -2.48. The summed E-state index contributed by atoms with van der Waals surface area (Å²) in [4.78, 5) is 2.29. The van der Waals surface area contributed by atoms with Crippen molar-refractivity contribution in [3.05, 3.63) is 0 Å². The third-order valence-electron chi connectivity index (χ3n) is 4.04. The number of nitrogens with zero attached hydrogens (tertiary/aromatic N) is 1. The lowest BCUT2D eigenvalue weighted by Gasteiger charge is -2.36. The molecule has 1 saturated heterocycles. The van der Waals surface area contributed by atoms with Crippen molar-refractivity contribution in [3.63, 3.8) is 0 Å². The number of hydrogen-bond acceptors (Lipinski definition) is 4. The highest BCUT2D eigenvalue weighted by Crippen LogP contribution is 2.20. The maximum Gasteiger partial charge on any atom is 0.0900 e. The van der Waals surface area contributed by atoms with E-state index in [0.29, 0.717) is 19.3 Å². The number of ether oxygens (including phenoxy) is 2. The Labute approximate surface area is 117 Å². The zero-order chi connectivity index (χ0) is 13.7. The molecule has 0 aromatic heterocycles. The highest BCUT2D eigenvalue weighted by Gasteiger charge is 2.24. The zero-order valence-corrected chi connectivity index (χ0v) is 12.4. The molecule has 2 aliphatic rings. The topological polar surface area (TPSA) is 41.9 Å². The van der Waals surface area contributed by atoms with Crippen molar-refractivity contribution in [2.45, 2.75) is 70.4 Å². The molecular formula is C15H29NO3. The van der Waals surface area contributed by atoms with Crippen molar-refractivity contribution < 1.29 is 14.6 Å². The third kappa shape index (κ3) is 5.38. The van der Waals surface area contributed by atoms with E-state index in [2.05, 4.69) is 18.7 Å². The van der Waals surface area contributed by atoms with Crippen LogP contribution in [0.5, 0.6) is 0 Å². The van der Waals surface area contributed by atoms with Crippen LogP contribution < -0.4 is 0 Å². The molecule has 112 valence electrons. The number of aliphatic hydroxyl groups is 1. The molecule has 1 heterocycles. The van der Waals surface area contributed by atoms with Crippen LogP contribution in [0.3, 0.4) is 0 Å². The second kappa shape index (κ2) is 7.58. The van der Waals surface area contributed by atoms with Crippen molar-refractivity contribution in [2.75, 3.05) is 26.2 Å². The second-order valence-corrected chi connectivity index (χ2v) is 6.22. The Morgan fingerprint density at radius 2 is 1.79 bits per heavy atom. The van der Waals surface area contributed by atoms with Gasteiger partial charge >= 0.3 is 0 Å². The molecule has 0 bridgehead atoms. The average molecular weight is 271 g/mol. The fourth-order valence-corrected chi connectivity index (χ4v) is 3.26. The Morgan fingerprint density at radius 3 is 2.42 bits per heavy atom. The molecule has 4 heteroatoms. The lowest BCUT2D eigenvalue weighted by molar-refractivity contribution is -0.0873. The van der Waals surface area contributed by atoms with Gasteiger partial charge in [0.05, 0.1) is 31.0 Å². The Bertz CT molecular complexity index is 246. The first-order valence-electron chi connectivity index (χ1n) is 7.81. The zero-order valence-electron chi connectivity index (χ0n) is 12.4. The van der Waals surface area contributed by atoms with Crippen molar-refractivity contribution in [3.8, 4) is 0 Å². The SMILES string of the molecule is C[C@@H]1CN(C[C@@H](O)COC2CCCCC2)C[C@H](C)O1. The normalized spacial score (nSPS) is 32.4. The number of hydrogen-bond donors (Lipinski definition) is 1. The van der Waals surface area contributed by atoms with Crippen molar-refractivity contribution >= 4 is 0 Å². The van der Waals surface area contributed by atoms with E-state index in [0.717, 1.165) is 13.1 Å². The summed E-state index contributed by atoms with van der Waals surface area (Å²) in [5, 5.41) is 10.1. The van der Waals surface area contributed by atoms with Gasteiger partial charge in [0.1, 0.15) is 0 Å². The minimum absolute atomic E-state index is 0.259. The van der Waals surface area contributed by atoms with Gasteiger partial charge in [-0.15, -0.1) is 0 Å². The first-order chi connectivity index (χ1) is 9.13. The largest absolute Gasteiger partial charge is 0.389 e. The van der Waals surface area contributed by atoms with E-state index < -0.39 is 0 Å². The van der Waals surface area contributed by atoms with Gasteiger partial charge in [-0.2, -0.15) is 0 Å². The van der Waals surface area contributed by atoms with Crippen molar-refractivity contribution in [1.82, 2.24) is 4.90 Å². The molecule has 2 fully saturated rings. The van der Waals surface area contributed by atoms with Gasteiger partial charge in [-0.1, -0.05) is 19.3 Å². The Balaban J connectivity index is 1.64. The smallest absolute Gasteiger partial charge is 0.0900 e. The molecule has 1 saturated carbocycles. The van der Waals surface area contributed by atoms with E-state index in [1.165, 1.54) is 32.1 Å². The number of β-amino-alcohol motifs (C(OH)–C–C–N with tert-alkyl or cyclic N) is 1. The quantitative estimate of drug-likeness (QED) is 0.828. The summed E-state index contributed by atoms with van der Waals surface area (Å²) in [6.07, 6.45) is 6.75. The summed E-state index contributed by atoms with van der Waals surface area (Å²) in [7, 11) is 0. The van der Waals surface area contributed by atoms with Crippen LogP contribution in [-0.2, 0) is 9.47 Å². The third-order valence-corrected chi connectivity index (χ3v) is 4.04. The maximum absolute atomic E-state index is 10.1. The highest BCUT2D eigenvalue weighted by atomic mass is 16.5. The summed E-state index contributed by atoms with van der Waals surface area (Å²) in [5.74, 6) is 0. The molecular weight excluding hydrogens is 242 g/mol. The summed E-state index contributed by atoms with van der Waals surface area (Å²) in [6, 6.07) is 0. The summed E-state index contributed by atoms with van der Waals surface area (Å²) in [5.41, 5.74) is 0.